The van der Waals surface area contributed by atoms with Crippen LogP contribution in [0.1, 0.15) is 64.9 Å². The van der Waals surface area contributed by atoms with Gasteiger partial charge in [0.2, 0.25) is 0 Å². The van der Waals surface area contributed by atoms with Crippen molar-refractivity contribution in [2.24, 2.45) is 5.92 Å². The molecule has 1 aliphatic carbocycles. The van der Waals surface area contributed by atoms with Crippen LogP contribution in [-0.4, -0.2) is 65.9 Å². The predicted molar refractivity (Wildman–Crippen MR) is 126 cm³/mol. The number of carboxylic acids is 1. The van der Waals surface area contributed by atoms with E-state index in [-0.39, 0.29) is 37.4 Å². The van der Waals surface area contributed by atoms with Gasteiger partial charge >= 0.3 is 11.9 Å². The number of carbonyl (C=O) groups excluding carboxylic acids is 1. The Morgan fingerprint density at radius 1 is 1.06 bits per heavy atom. The van der Waals surface area contributed by atoms with Crippen molar-refractivity contribution in [2.45, 2.75) is 89.9 Å². The van der Waals surface area contributed by atoms with Crippen molar-refractivity contribution in [3.8, 4) is 0 Å². The van der Waals surface area contributed by atoms with Crippen LogP contribution in [0.4, 0.5) is 0 Å². The average molecular weight is 478 g/mol. The van der Waals surface area contributed by atoms with Crippen molar-refractivity contribution in [1.82, 2.24) is 4.90 Å². The average Bonchev–Trinajstić information content (AvgIpc) is 3.28. The molecule has 1 saturated heterocycles. The molecule has 1 aliphatic heterocycles. The third-order valence-corrected chi connectivity index (χ3v) is 6.25. The highest BCUT2D eigenvalue weighted by Crippen LogP contribution is 2.30. The monoisotopic (exact) mass is 477 g/mol. The minimum Gasteiger partial charge on any atom is -0.481 e. The maximum absolute atomic E-state index is 12.9. The van der Waals surface area contributed by atoms with E-state index < -0.39 is 17.8 Å². The van der Waals surface area contributed by atoms with Crippen LogP contribution in [0, 0.1) is 5.92 Å². The number of rotatable bonds is 11. The minimum atomic E-state index is -0.738. The van der Waals surface area contributed by atoms with Gasteiger partial charge in [-0.2, -0.15) is 0 Å². The van der Waals surface area contributed by atoms with Gasteiger partial charge in [0.25, 0.3) is 0 Å². The Balaban J connectivity index is 1.57. The lowest BCUT2D eigenvalue weighted by Crippen LogP contribution is -2.50. The lowest BCUT2D eigenvalue weighted by atomic mass is 9.87. The third-order valence-electron chi connectivity index (χ3n) is 6.25. The fraction of sp³-hybridized carbons (Fsp3) is 0.692. The van der Waals surface area contributed by atoms with E-state index in [1.807, 2.05) is 56.0 Å². The highest BCUT2D eigenvalue weighted by molar-refractivity contribution is 5.76. The summed E-state index contributed by atoms with van der Waals surface area (Å²) >= 11 is 0. The van der Waals surface area contributed by atoms with E-state index in [0.717, 1.165) is 12.0 Å². The minimum absolute atomic E-state index is 0.0608. The molecule has 0 spiro atoms. The van der Waals surface area contributed by atoms with Crippen molar-refractivity contribution in [1.29, 1.82) is 0 Å². The second kappa shape index (κ2) is 12.6. The first kappa shape index (κ1) is 26.6. The van der Waals surface area contributed by atoms with E-state index in [0.29, 0.717) is 45.3 Å². The molecule has 1 heterocycles. The number of nitrogens with zero attached hydrogens (tertiary/aromatic N) is 1. The van der Waals surface area contributed by atoms with Crippen LogP contribution in [0.15, 0.2) is 30.3 Å². The summed E-state index contributed by atoms with van der Waals surface area (Å²) in [6, 6.07) is 9.50. The van der Waals surface area contributed by atoms with Crippen LogP contribution in [0.25, 0.3) is 0 Å². The summed E-state index contributed by atoms with van der Waals surface area (Å²) in [5.74, 6) is -1.28. The number of esters is 1. The Labute approximate surface area is 202 Å². The topological polar surface area (TPSA) is 94.5 Å². The molecule has 1 N–H and O–H groups in total. The molecule has 2 fully saturated rings. The van der Waals surface area contributed by atoms with Gasteiger partial charge in [-0.25, -0.2) is 0 Å². The summed E-state index contributed by atoms with van der Waals surface area (Å²) in [6.45, 7) is 7.15. The van der Waals surface area contributed by atoms with Crippen LogP contribution < -0.4 is 0 Å². The zero-order valence-electron chi connectivity index (χ0n) is 20.6. The first-order valence-corrected chi connectivity index (χ1v) is 12.3. The maximum Gasteiger partial charge on any atom is 0.323 e. The lowest BCUT2D eigenvalue weighted by molar-refractivity contribution is -0.185. The van der Waals surface area contributed by atoms with Gasteiger partial charge in [-0.05, 0) is 64.9 Å². The van der Waals surface area contributed by atoms with Gasteiger partial charge in [0.15, 0.2) is 0 Å². The number of hydrogen-bond acceptors (Lipinski definition) is 7. The second-order valence-electron chi connectivity index (χ2n) is 10.2. The highest BCUT2D eigenvalue weighted by Gasteiger charge is 2.40. The smallest absolute Gasteiger partial charge is 0.323 e. The Hall–Kier alpha value is -2.00. The van der Waals surface area contributed by atoms with Gasteiger partial charge < -0.3 is 24.1 Å². The van der Waals surface area contributed by atoms with Crippen molar-refractivity contribution < 1.29 is 33.6 Å². The number of hydrogen-bond donors (Lipinski definition) is 1. The van der Waals surface area contributed by atoms with E-state index in [1.165, 1.54) is 0 Å². The molecule has 0 bridgehead atoms. The molecular weight excluding hydrogens is 438 g/mol. The quantitative estimate of drug-likeness (QED) is 0.291. The largest absolute Gasteiger partial charge is 0.481 e. The van der Waals surface area contributed by atoms with Gasteiger partial charge in [0.1, 0.15) is 24.7 Å². The molecule has 1 aromatic rings. The fourth-order valence-electron chi connectivity index (χ4n) is 4.58. The van der Waals surface area contributed by atoms with Gasteiger partial charge in [0, 0.05) is 6.54 Å². The van der Waals surface area contributed by atoms with Gasteiger partial charge in [-0.1, -0.05) is 30.3 Å². The maximum atomic E-state index is 12.9. The molecule has 1 aromatic carbocycles. The van der Waals surface area contributed by atoms with E-state index in [4.69, 9.17) is 18.9 Å². The van der Waals surface area contributed by atoms with Crippen LogP contribution in [0.2, 0.25) is 0 Å². The van der Waals surface area contributed by atoms with Crippen LogP contribution in [0.5, 0.6) is 0 Å². The molecule has 0 radical (unpaired) electrons. The SMILES string of the molecule is CC(C)(C)OC(=O)[C@@H]1CCCN1[C@H](COCOCc1ccccc1)OC1CCC(C(=O)O)CC1. The molecule has 0 amide bonds. The van der Waals surface area contributed by atoms with Crippen LogP contribution >= 0.6 is 0 Å². The first-order valence-electron chi connectivity index (χ1n) is 12.3. The Morgan fingerprint density at radius 3 is 2.41 bits per heavy atom. The summed E-state index contributed by atoms with van der Waals surface area (Å²) in [5, 5.41) is 9.28. The molecular formula is C26H39NO7. The molecule has 34 heavy (non-hydrogen) atoms. The zero-order valence-corrected chi connectivity index (χ0v) is 20.6. The van der Waals surface area contributed by atoms with Gasteiger partial charge in [0.05, 0.1) is 25.2 Å². The number of ether oxygens (including phenoxy) is 4. The van der Waals surface area contributed by atoms with E-state index in [2.05, 4.69) is 0 Å². The number of carboxylic acid groups (broad SMARTS) is 1. The summed E-state index contributed by atoms with van der Waals surface area (Å²) in [7, 11) is 0. The van der Waals surface area contributed by atoms with Crippen molar-refractivity contribution >= 4 is 11.9 Å². The lowest BCUT2D eigenvalue weighted by Gasteiger charge is -2.36. The molecule has 8 heteroatoms. The Bertz CT molecular complexity index is 771. The predicted octanol–water partition coefficient (Wildman–Crippen LogP) is 3.97. The zero-order chi connectivity index (χ0) is 24.6. The Morgan fingerprint density at radius 2 is 1.76 bits per heavy atom. The Kier molecular flexibility index (Phi) is 9.88. The standard InChI is InChI=1S/C26H39NO7/c1-26(2,3)34-25(30)22-10-7-15-27(22)23(33-21-13-11-20(12-14-21)24(28)29)17-32-18-31-16-19-8-5-4-6-9-19/h4-6,8-9,20-23H,7,10-18H2,1-3H3,(H,28,29)/t20?,21?,22-,23-/m0/s1. The molecule has 0 unspecified atom stereocenters. The summed E-state index contributed by atoms with van der Waals surface area (Å²) in [5.41, 5.74) is 0.511. The van der Waals surface area contributed by atoms with E-state index in [1.54, 1.807) is 0 Å². The molecule has 2 aliphatic rings. The molecule has 8 nitrogen and oxygen atoms in total. The van der Waals surface area contributed by atoms with Crippen molar-refractivity contribution in [3.63, 3.8) is 0 Å². The first-order chi connectivity index (χ1) is 16.2. The molecule has 0 aromatic heterocycles. The van der Waals surface area contributed by atoms with Crippen molar-refractivity contribution in [3.05, 3.63) is 35.9 Å². The third kappa shape index (κ3) is 8.34. The summed E-state index contributed by atoms with van der Waals surface area (Å²) < 4.78 is 23.6. The molecule has 3 rings (SSSR count). The molecule has 2 atom stereocenters. The molecule has 190 valence electrons. The van der Waals surface area contributed by atoms with Crippen molar-refractivity contribution in [2.75, 3.05) is 19.9 Å². The number of aliphatic carboxylic acids is 1. The fourth-order valence-corrected chi connectivity index (χ4v) is 4.58. The van der Waals surface area contributed by atoms with E-state index >= 15 is 0 Å². The number of carbonyl (C=O) groups is 2. The number of benzene rings is 1. The van der Waals surface area contributed by atoms with Gasteiger partial charge in [-0.15, -0.1) is 0 Å². The molecule has 1 saturated carbocycles. The number of likely N-dealkylation sites (tertiary alicyclic amines) is 1. The summed E-state index contributed by atoms with van der Waals surface area (Å²) in [6.07, 6.45) is 3.67. The van der Waals surface area contributed by atoms with Crippen LogP contribution in [-0.2, 0) is 35.1 Å². The van der Waals surface area contributed by atoms with E-state index in [9.17, 15) is 14.7 Å². The normalized spacial score (nSPS) is 24.6. The van der Waals surface area contributed by atoms with Crippen LogP contribution in [0.3, 0.4) is 0 Å². The van der Waals surface area contributed by atoms with Gasteiger partial charge in [-0.3, -0.25) is 14.5 Å². The second-order valence-corrected chi connectivity index (χ2v) is 10.2. The highest BCUT2D eigenvalue weighted by atomic mass is 16.7. The summed E-state index contributed by atoms with van der Waals surface area (Å²) in [4.78, 5) is 26.2.